The number of rotatable bonds is 12. The number of esters is 1. The second-order valence-corrected chi connectivity index (χ2v) is 8.73. The Balaban J connectivity index is 1.77. The van der Waals surface area contributed by atoms with Crippen LogP contribution in [0.5, 0.6) is 0 Å². The molecule has 31 heavy (non-hydrogen) atoms. The van der Waals surface area contributed by atoms with Gasteiger partial charge in [-0.3, -0.25) is 4.79 Å². The lowest BCUT2D eigenvalue weighted by molar-refractivity contribution is -0.147. The van der Waals surface area contributed by atoms with Crippen molar-refractivity contribution in [2.24, 2.45) is 11.8 Å². The highest BCUT2D eigenvalue weighted by Gasteiger charge is 2.39. The summed E-state index contributed by atoms with van der Waals surface area (Å²) >= 11 is 0. The lowest BCUT2D eigenvalue weighted by Gasteiger charge is -2.19. The minimum atomic E-state index is -0.600. The highest BCUT2D eigenvalue weighted by Crippen LogP contribution is 2.36. The first-order valence-electron chi connectivity index (χ1n) is 11.5. The molecule has 0 radical (unpaired) electrons. The highest BCUT2D eigenvalue weighted by atomic mass is 16.5. The Bertz CT molecular complexity index is 697. The van der Waals surface area contributed by atoms with E-state index in [1.807, 2.05) is 62.4 Å². The van der Waals surface area contributed by atoms with Crippen molar-refractivity contribution in [1.82, 2.24) is 0 Å². The van der Waals surface area contributed by atoms with E-state index >= 15 is 0 Å². The molecule has 1 saturated carbocycles. The Morgan fingerprint density at radius 1 is 1.16 bits per heavy atom. The molecule has 3 N–H and O–H groups in total. The second kappa shape index (κ2) is 13.5. The number of allylic oxidation sites excluding steroid dienone is 2. The molecule has 1 aromatic rings. The monoisotopic (exact) mass is 430 g/mol. The Kier molecular flexibility index (Phi) is 11.0. The summed E-state index contributed by atoms with van der Waals surface area (Å²) in [5, 5.41) is 31.0. The third kappa shape index (κ3) is 9.38. The van der Waals surface area contributed by atoms with Crippen LogP contribution in [-0.4, -0.2) is 45.7 Å². The number of hydrogen-bond donors (Lipinski definition) is 3. The molecule has 0 aliphatic heterocycles. The molecule has 1 aromatic carbocycles. The SMILES string of the molecule is CC(C)OC(=O)CCC/C=C\C[C@@H]1C(/C=C/[C@@H](O)CCc2ccccc2)[C@H](O)C[C@@H]1O. The molecule has 172 valence electrons. The average molecular weight is 431 g/mol. The number of aryl methyl sites for hydroxylation is 1. The molecule has 0 bridgehead atoms. The van der Waals surface area contributed by atoms with Gasteiger partial charge >= 0.3 is 5.97 Å². The minimum absolute atomic E-state index is 0.0743. The zero-order chi connectivity index (χ0) is 22.6. The van der Waals surface area contributed by atoms with Gasteiger partial charge in [0.05, 0.1) is 24.4 Å². The summed E-state index contributed by atoms with van der Waals surface area (Å²) in [5.74, 6) is -0.421. The van der Waals surface area contributed by atoms with Crippen molar-refractivity contribution in [2.75, 3.05) is 0 Å². The Morgan fingerprint density at radius 2 is 1.90 bits per heavy atom. The summed E-state index contributed by atoms with van der Waals surface area (Å²) in [6.07, 6.45) is 10.2. The Morgan fingerprint density at radius 3 is 2.61 bits per heavy atom. The van der Waals surface area contributed by atoms with Gasteiger partial charge in [-0.1, -0.05) is 54.6 Å². The first-order valence-corrected chi connectivity index (χ1v) is 11.5. The van der Waals surface area contributed by atoms with Gasteiger partial charge in [0.2, 0.25) is 0 Å². The van der Waals surface area contributed by atoms with Crippen LogP contribution in [0.4, 0.5) is 0 Å². The van der Waals surface area contributed by atoms with E-state index in [0.717, 1.165) is 19.3 Å². The van der Waals surface area contributed by atoms with Crippen molar-refractivity contribution in [3.63, 3.8) is 0 Å². The minimum Gasteiger partial charge on any atom is -0.463 e. The summed E-state index contributed by atoms with van der Waals surface area (Å²) in [6, 6.07) is 10.0. The topological polar surface area (TPSA) is 87.0 Å². The van der Waals surface area contributed by atoms with Gasteiger partial charge < -0.3 is 20.1 Å². The summed E-state index contributed by atoms with van der Waals surface area (Å²) in [4.78, 5) is 11.5. The molecule has 1 aliphatic rings. The van der Waals surface area contributed by atoms with Gasteiger partial charge in [0, 0.05) is 18.8 Å². The number of aliphatic hydroxyl groups excluding tert-OH is 3. The van der Waals surface area contributed by atoms with Crippen LogP contribution >= 0.6 is 0 Å². The normalized spacial score (nSPS) is 25.0. The first-order chi connectivity index (χ1) is 14.9. The molecule has 5 atom stereocenters. The molecule has 0 amide bonds. The van der Waals surface area contributed by atoms with Crippen LogP contribution in [0.3, 0.4) is 0 Å². The zero-order valence-electron chi connectivity index (χ0n) is 18.8. The van der Waals surface area contributed by atoms with Crippen molar-refractivity contribution < 1.29 is 24.9 Å². The second-order valence-electron chi connectivity index (χ2n) is 8.73. The number of carbonyl (C=O) groups excluding carboxylic acids is 1. The van der Waals surface area contributed by atoms with E-state index in [9.17, 15) is 20.1 Å². The van der Waals surface area contributed by atoms with Crippen molar-refractivity contribution >= 4 is 5.97 Å². The summed E-state index contributed by atoms with van der Waals surface area (Å²) < 4.78 is 5.11. The maximum Gasteiger partial charge on any atom is 0.306 e. The maximum absolute atomic E-state index is 11.5. The van der Waals surface area contributed by atoms with Gasteiger partial charge in [-0.25, -0.2) is 0 Å². The van der Waals surface area contributed by atoms with Crippen LogP contribution in [-0.2, 0) is 16.0 Å². The van der Waals surface area contributed by atoms with E-state index in [2.05, 4.69) is 0 Å². The molecule has 0 spiro atoms. The smallest absolute Gasteiger partial charge is 0.306 e. The van der Waals surface area contributed by atoms with E-state index < -0.39 is 18.3 Å². The van der Waals surface area contributed by atoms with Crippen LogP contribution in [0.15, 0.2) is 54.6 Å². The molecule has 0 heterocycles. The summed E-state index contributed by atoms with van der Waals surface area (Å²) in [6.45, 7) is 3.68. The van der Waals surface area contributed by atoms with Gasteiger partial charge in [-0.05, 0) is 57.4 Å². The predicted molar refractivity (Wildman–Crippen MR) is 122 cm³/mol. The maximum atomic E-state index is 11.5. The van der Waals surface area contributed by atoms with E-state index in [4.69, 9.17) is 4.74 Å². The lowest BCUT2D eigenvalue weighted by atomic mass is 9.89. The molecule has 1 aliphatic carbocycles. The highest BCUT2D eigenvalue weighted by molar-refractivity contribution is 5.69. The lowest BCUT2D eigenvalue weighted by Crippen LogP contribution is -2.20. The fraction of sp³-hybridized carbons (Fsp3) is 0.577. The number of aliphatic hydroxyl groups is 3. The van der Waals surface area contributed by atoms with E-state index in [0.29, 0.717) is 25.7 Å². The molecule has 2 rings (SSSR count). The van der Waals surface area contributed by atoms with Crippen LogP contribution in [0.2, 0.25) is 0 Å². The standard InChI is InChI=1S/C26H38O5/c1-19(2)31-26(30)13-9-4-3-8-12-22-23(25(29)18-24(22)28)17-16-21(27)15-14-20-10-6-5-7-11-20/h3,5-8,10-11,16-17,19,21-25,27-29H,4,9,12-15,18H2,1-2H3/b8-3-,17-16+/t21-,22+,23?,24-,25+/m0/s1. The molecular weight excluding hydrogens is 392 g/mol. The van der Waals surface area contributed by atoms with E-state index in [1.165, 1.54) is 5.56 Å². The van der Waals surface area contributed by atoms with Gasteiger partial charge in [-0.2, -0.15) is 0 Å². The molecule has 5 heteroatoms. The number of carbonyl (C=O) groups is 1. The molecule has 5 nitrogen and oxygen atoms in total. The van der Waals surface area contributed by atoms with Gasteiger partial charge in [0.15, 0.2) is 0 Å². The third-order valence-corrected chi connectivity index (χ3v) is 5.74. The van der Waals surface area contributed by atoms with Crippen molar-refractivity contribution in [1.29, 1.82) is 0 Å². The average Bonchev–Trinajstić information content (AvgIpc) is 3.00. The summed E-state index contributed by atoms with van der Waals surface area (Å²) in [7, 11) is 0. The molecule has 1 unspecified atom stereocenters. The molecule has 0 saturated heterocycles. The fourth-order valence-corrected chi connectivity index (χ4v) is 4.08. The number of hydrogen-bond acceptors (Lipinski definition) is 5. The number of ether oxygens (including phenoxy) is 1. The zero-order valence-corrected chi connectivity index (χ0v) is 18.8. The van der Waals surface area contributed by atoms with Crippen LogP contribution < -0.4 is 0 Å². The fourth-order valence-electron chi connectivity index (χ4n) is 4.08. The van der Waals surface area contributed by atoms with Crippen molar-refractivity contribution in [3.05, 3.63) is 60.2 Å². The molecule has 0 aromatic heterocycles. The summed E-state index contributed by atoms with van der Waals surface area (Å²) in [5.41, 5.74) is 1.19. The largest absolute Gasteiger partial charge is 0.463 e. The van der Waals surface area contributed by atoms with Crippen LogP contribution in [0.25, 0.3) is 0 Å². The molecule has 1 fully saturated rings. The Labute approximate surface area is 186 Å². The quantitative estimate of drug-likeness (QED) is 0.265. The van der Waals surface area contributed by atoms with Crippen LogP contribution in [0.1, 0.15) is 57.9 Å². The van der Waals surface area contributed by atoms with Gasteiger partial charge in [0.25, 0.3) is 0 Å². The number of benzene rings is 1. The third-order valence-electron chi connectivity index (χ3n) is 5.74. The van der Waals surface area contributed by atoms with Crippen molar-refractivity contribution in [3.8, 4) is 0 Å². The Hall–Kier alpha value is -1.95. The molecular formula is C26H38O5. The first kappa shape index (κ1) is 25.3. The van der Waals surface area contributed by atoms with E-state index in [-0.39, 0.29) is 23.9 Å². The van der Waals surface area contributed by atoms with Gasteiger partial charge in [-0.15, -0.1) is 0 Å². The number of unbranched alkanes of at least 4 members (excludes halogenated alkanes) is 1. The van der Waals surface area contributed by atoms with Gasteiger partial charge in [0.1, 0.15) is 0 Å². The van der Waals surface area contributed by atoms with Crippen molar-refractivity contribution in [2.45, 2.75) is 83.2 Å². The van der Waals surface area contributed by atoms with Crippen LogP contribution in [0, 0.1) is 11.8 Å². The van der Waals surface area contributed by atoms with E-state index in [1.54, 1.807) is 6.08 Å². The predicted octanol–water partition coefficient (Wildman–Crippen LogP) is 3.96.